The van der Waals surface area contributed by atoms with Crippen molar-refractivity contribution in [2.24, 2.45) is 0 Å². The number of hydrogen-bond donors (Lipinski definition) is 1. The molecule has 0 aromatic heterocycles. The van der Waals surface area contributed by atoms with Gasteiger partial charge in [-0.25, -0.2) is 0 Å². The van der Waals surface area contributed by atoms with Crippen LogP contribution in [0.2, 0.25) is 0 Å². The molecule has 2 aromatic carbocycles. The van der Waals surface area contributed by atoms with Crippen molar-refractivity contribution >= 4 is 23.1 Å². The first-order valence-electron chi connectivity index (χ1n) is 7.39. The summed E-state index contributed by atoms with van der Waals surface area (Å²) in [6, 6.07) is 13.2. The number of carbonyl (C=O) groups excluding carboxylic acids is 2. The van der Waals surface area contributed by atoms with Crippen LogP contribution in [0.4, 0.5) is 0 Å². The summed E-state index contributed by atoms with van der Waals surface area (Å²) < 4.78 is 0. The third-order valence-corrected chi connectivity index (χ3v) is 4.38. The molecule has 24 heavy (non-hydrogen) atoms. The van der Waals surface area contributed by atoms with Gasteiger partial charge in [0.15, 0.2) is 5.76 Å². The lowest BCUT2D eigenvalue weighted by atomic mass is 10.1. The Labute approximate surface area is 137 Å². The fraction of sp³-hybridized carbons (Fsp3) is 0.0526. The SMILES string of the molecule is CN(C1=C([O])c2ccccc2C1=O)C1=C(O)c2ccccc2C1=O. The molecule has 117 valence electrons. The van der Waals surface area contributed by atoms with Gasteiger partial charge in [-0.05, 0) is 0 Å². The van der Waals surface area contributed by atoms with Gasteiger partial charge in [0.2, 0.25) is 17.3 Å². The van der Waals surface area contributed by atoms with Crippen molar-refractivity contribution in [2.45, 2.75) is 0 Å². The van der Waals surface area contributed by atoms with Crippen LogP contribution in [0.15, 0.2) is 59.9 Å². The summed E-state index contributed by atoms with van der Waals surface area (Å²) in [7, 11) is 1.45. The normalized spacial score (nSPS) is 15.9. The Morgan fingerprint density at radius 1 is 0.750 bits per heavy atom. The molecule has 0 saturated carbocycles. The van der Waals surface area contributed by atoms with E-state index in [4.69, 9.17) is 0 Å². The topological polar surface area (TPSA) is 77.5 Å². The smallest absolute Gasteiger partial charge is 0.214 e. The van der Waals surface area contributed by atoms with Crippen LogP contribution in [0.3, 0.4) is 0 Å². The summed E-state index contributed by atoms with van der Waals surface area (Å²) in [5, 5.41) is 23.0. The van der Waals surface area contributed by atoms with Crippen LogP contribution in [0.25, 0.3) is 11.5 Å². The zero-order valence-corrected chi connectivity index (χ0v) is 12.7. The number of ketones is 2. The van der Waals surface area contributed by atoms with Crippen molar-refractivity contribution in [3.63, 3.8) is 0 Å². The van der Waals surface area contributed by atoms with Gasteiger partial charge in [-0.1, -0.05) is 48.5 Å². The number of fused-ring (bicyclic) bond motifs is 2. The molecule has 0 heterocycles. The van der Waals surface area contributed by atoms with Gasteiger partial charge in [-0.2, -0.15) is 0 Å². The molecule has 0 saturated heterocycles. The molecule has 0 fully saturated rings. The van der Waals surface area contributed by atoms with E-state index in [0.29, 0.717) is 22.3 Å². The minimum absolute atomic E-state index is 0.0549. The highest BCUT2D eigenvalue weighted by Crippen LogP contribution is 2.38. The van der Waals surface area contributed by atoms with Gasteiger partial charge in [0, 0.05) is 29.3 Å². The maximum absolute atomic E-state index is 12.6. The van der Waals surface area contributed by atoms with Gasteiger partial charge in [-0.15, -0.1) is 0 Å². The zero-order valence-electron chi connectivity index (χ0n) is 12.7. The number of aliphatic hydroxyl groups is 1. The van der Waals surface area contributed by atoms with Crippen molar-refractivity contribution in [2.75, 3.05) is 7.05 Å². The maximum atomic E-state index is 12.6. The highest BCUT2D eigenvalue weighted by atomic mass is 16.3. The molecule has 5 heteroatoms. The van der Waals surface area contributed by atoms with E-state index in [-0.39, 0.29) is 17.2 Å². The van der Waals surface area contributed by atoms with Crippen molar-refractivity contribution in [3.05, 3.63) is 82.2 Å². The van der Waals surface area contributed by atoms with Gasteiger partial charge in [0.1, 0.15) is 11.4 Å². The number of likely N-dealkylation sites (N-methyl/N-ethyl adjacent to an activating group) is 1. The van der Waals surface area contributed by atoms with Crippen LogP contribution in [0, 0.1) is 0 Å². The van der Waals surface area contributed by atoms with Crippen molar-refractivity contribution < 1.29 is 19.8 Å². The molecule has 0 unspecified atom stereocenters. The quantitative estimate of drug-likeness (QED) is 0.923. The summed E-state index contributed by atoms with van der Waals surface area (Å²) in [4.78, 5) is 26.4. The monoisotopic (exact) mass is 318 g/mol. The molecule has 1 N–H and O–H groups in total. The lowest BCUT2D eigenvalue weighted by Crippen LogP contribution is -2.25. The van der Waals surface area contributed by atoms with Crippen LogP contribution < -0.4 is 0 Å². The molecule has 4 rings (SSSR count). The molecule has 2 aromatic rings. The lowest BCUT2D eigenvalue weighted by Gasteiger charge is -2.19. The predicted molar refractivity (Wildman–Crippen MR) is 86.5 cm³/mol. The molecule has 2 aliphatic rings. The summed E-state index contributed by atoms with van der Waals surface area (Å²) in [5.41, 5.74) is 1.20. The fourth-order valence-electron chi connectivity index (χ4n) is 3.22. The number of rotatable bonds is 2. The average Bonchev–Trinajstić information content (AvgIpc) is 3.00. The number of allylic oxidation sites excluding steroid dienone is 2. The van der Waals surface area contributed by atoms with E-state index in [1.807, 2.05) is 0 Å². The number of nitrogens with zero attached hydrogens (tertiary/aromatic N) is 1. The molecule has 0 bridgehead atoms. The van der Waals surface area contributed by atoms with E-state index in [9.17, 15) is 19.8 Å². The van der Waals surface area contributed by atoms with Crippen molar-refractivity contribution in [1.29, 1.82) is 0 Å². The minimum Gasteiger partial charge on any atom is -0.505 e. The highest BCUT2D eigenvalue weighted by Gasteiger charge is 2.39. The molecular weight excluding hydrogens is 306 g/mol. The minimum atomic E-state index is -0.442. The number of benzene rings is 2. The Morgan fingerprint density at radius 3 is 1.75 bits per heavy atom. The van der Waals surface area contributed by atoms with E-state index in [2.05, 4.69) is 0 Å². The first-order chi connectivity index (χ1) is 11.5. The molecule has 0 aliphatic heterocycles. The molecule has 0 spiro atoms. The standard InChI is InChI=1S/C19H12NO4/c1-20(14-16(21)10-6-2-3-7-11(10)17(14)22)15-18(23)12-8-4-5-9-13(12)19(15)24/h2-9,21H,1H3. The third kappa shape index (κ3) is 1.69. The van der Waals surface area contributed by atoms with Gasteiger partial charge < -0.3 is 10.0 Å². The van der Waals surface area contributed by atoms with Crippen LogP contribution in [0.5, 0.6) is 0 Å². The Morgan fingerprint density at radius 2 is 1.21 bits per heavy atom. The summed E-state index contributed by atoms with van der Waals surface area (Å²) in [6.45, 7) is 0. The summed E-state index contributed by atoms with van der Waals surface area (Å²) in [6.07, 6.45) is 0. The van der Waals surface area contributed by atoms with E-state index in [0.717, 1.165) is 0 Å². The van der Waals surface area contributed by atoms with Gasteiger partial charge in [0.25, 0.3) is 0 Å². The molecular formula is C19H12NO4. The molecule has 2 aliphatic carbocycles. The second kappa shape index (κ2) is 4.83. The van der Waals surface area contributed by atoms with E-state index >= 15 is 0 Å². The average molecular weight is 318 g/mol. The highest BCUT2D eigenvalue weighted by molar-refractivity contribution is 6.23. The Balaban J connectivity index is 1.83. The van der Waals surface area contributed by atoms with Gasteiger partial charge in [-0.3, -0.25) is 14.7 Å². The fourth-order valence-corrected chi connectivity index (χ4v) is 3.22. The van der Waals surface area contributed by atoms with Crippen molar-refractivity contribution in [1.82, 2.24) is 4.90 Å². The first kappa shape index (κ1) is 14.3. The molecule has 0 amide bonds. The van der Waals surface area contributed by atoms with Crippen LogP contribution >= 0.6 is 0 Å². The van der Waals surface area contributed by atoms with E-state index < -0.39 is 17.3 Å². The third-order valence-electron chi connectivity index (χ3n) is 4.38. The Hall–Kier alpha value is -3.34. The summed E-state index contributed by atoms with van der Waals surface area (Å²) >= 11 is 0. The van der Waals surface area contributed by atoms with E-state index in [1.165, 1.54) is 11.9 Å². The molecule has 1 radical (unpaired) electrons. The Kier molecular flexibility index (Phi) is 2.87. The number of hydrogen-bond acceptors (Lipinski definition) is 4. The number of carbonyl (C=O) groups is 2. The second-order valence-electron chi connectivity index (χ2n) is 5.68. The van der Waals surface area contributed by atoms with Crippen LogP contribution in [0.1, 0.15) is 31.8 Å². The largest absolute Gasteiger partial charge is 0.505 e. The summed E-state index contributed by atoms with van der Waals surface area (Å²) in [5.74, 6) is -1.51. The first-order valence-corrected chi connectivity index (χ1v) is 7.39. The van der Waals surface area contributed by atoms with Gasteiger partial charge in [0.05, 0.1) is 0 Å². The number of Topliss-reactive ketones (excluding diaryl/α,β-unsaturated/α-hetero) is 2. The maximum Gasteiger partial charge on any atom is 0.214 e. The van der Waals surface area contributed by atoms with E-state index in [1.54, 1.807) is 48.5 Å². The van der Waals surface area contributed by atoms with Crippen LogP contribution in [-0.2, 0) is 5.11 Å². The molecule has 5 nitrogen and oxygen atoms in total. The molecule has 0 atom stereocenters. The lowest BCUT2D eigenvalue weighted by molar-refractivity contribution is 0.0983. The second-order valence-corrected chi connectivity index (χ2v) is 5.68. The zero-order chi connectivity index (χ0) is 17.0. The van der Waals surface area contributed by atoms with Crippen molar-refractivity contribution in [3.8, 4) is 0 Å². The van der Waals surface area contributed by atoms with Crippen LogP contribution in [-0.4, -0.2) is 28.6 Å². The Bertz CT molecular complexity index is 905. The van der Waals surface area contributed by atoms with Gasteiger partial charge >= 0.3 is 0 Å². The number of aliphatic hydroxyl groups excluding tert-OH is 1. The predicted octanol–water partition coefficient (Wildman–Crippen LogP) is 3.04.